The summed E-state index contributed by atoms with van der Waals surface area (Å²) in [6.45, 7) is 2.28. The molecule has 8 heteroatoms. The number of hydrogen-bond acceptors (Lipinski definition) is 5. The fourth-order valence-corrected chi connectivity index (χ4v) is 4.85. The van der Waals surface area contributed by atoms with Gasteiger partial charge in [-0.15, -0.1) is 0 Å². The second-order valence-corrected chi connectivity index (χ2v) is 8.72. The Hall–Kier alpha value is -2.55. The van der Waals surface area contributed by atoms with Crippen LogP contribution in [0.15, 0.2) is 59.6 Å². The van der Waals surface area contributed by atoms with Crippen molar-refractivity contribution in [1.82, 2.24) is 14.2 Å². The van der Waals surface area contributed by atoms with Crippen molar-refractivity contribution in [3.8, 4) is 5.75 Å². The van der Waals surface area contributed by atoms with Crippen molar-refractivity contribution < 1.29 is 17.9 Å². The van der Waals surface area contributed by atoms with E-state index in [-0.39, 0.29) is 10.6 Å². The van der Waals surface area contributed by atoms with E-state index in [1.165, 1.54) is 16.4 Å². The second-order valence-electron chi connectivity index (χ2n) is 6.78. The molecular formula is C20H20FN3O3S. The molecule has 0 spiro atoms. The van der Waals surface area contributed by atoms with E-state index < -0.39 is 15.8 Å². The van der Waals surface area contributed by atoms with Crippen molar-refractivity contribution in [2.24, 2.45) is 0 Å². The van der Waals surface area contributed by atoms with Crippen LogP contribution in [0.4, 0.5) is 4.39 Å². The zero-order valence-electron chi connectivity index (χ0n) is 15.1. The van der Waals surface area contributed by atoms with Gasteiger partial charge in [0, 0.05) is 49.9 Å². The maximum absolute atomic E-state index is 13.1. The van der Waals surface area contributed by atoms with Crippen LogP contribution in [0.5, 0.6) is 5.75 Å². The molecule has 0 amide bonds. The van der Waals surface area contributed by atoms with Gasteiger partial charge in [-0.2, -0.15) is 4.31 Å². The van der Waals surface area contributed by atoms with Gasteiger partial charge in [-0.25, -0.2) is 12.8 Å². The lowest BCUT2D eigenvalue weighted by Crippen LogP contribution is -2.48. The molecule has 0 bridgehead atoms. The number of phenols is 1. The van der Waals surface area contributed by atoms with Crippen LogP contribution in [0.2, 0.25) is 0 Å². The highest BCUT2D eigenvalue weighted by Gasteiger charge is 2.28. The number of sulfonamides is 1. The number of phenolic OH excluding ortho intramolecular Hbond substituents is 1. The van der Waals surface area contributed by atoms with Gasteiger partial charge >= 0.3 is 0 Å². The zero-order chi connectivity index (χ0) is 19.7. The van der Waals surface area contributed by atoms with E-state index in [9.17, 15) is 17.9 Å². The van der Waals surface area contributed by atoms with Gasteiger partial charge in [0.25, 0.3) is 0 Å². The quantitative estimate of drug-likeness (QED) is 0.727. The molecule has 0 aliphatic carbocycles. The highest BCUT2D eigenvalue weighted by atomic mass is 32.2. The Morgan fingerprint density at radius 2 is 1.71 bits per heavy atom. The molecule has 4 rings (SSSR count). The molecule has 146 valence electrons. The summed E-state index contributed by atoms with van der Waals surface area (Å²) < 4.78 is 39.9. The third-order valence-corrected chi connectivity index (χ3v) is 6.92. The van der Waals surface area contributed by atoms with Gasteiger partial charge in [0.2, 0.25) is 10.0 Å². The van der Waals surface area contributed by atoms with Crippen molar-refractivity contribution in [1.29, 1.82) is 0 Å². The largest absolute Gasteiger partial charge is 0.505 e. The molecule has 1 aromatic heterocycles. The number of fused-ring (bicyclic) bond motifs is 1. The molecule has 1 fully saturated rings. The number of rotatable bonds is 4. The van der Waals surface area contributed by atoms with Crippen molar-refractivity contribution in [3.05, 3.63) is 66.1 Å². The molecule has 0 unspecified atom stereocenters. The maximum Gasteiger partial charge on any atom is 0.243 e. The molecule has 6 nitrogen and oxygen atoms in total. The predicted octanol–water partition coefficient (Wildman–Crippen LogP) is 2.59. The molecule has 1 saturated heterocycles. The summed E-state index contributed by atoms with van der Waals surface area (Å²) >= 11 is 0. The lowest BCUT2D eigenvalue weighted by atomic mass is 10.1. The summed E-state index contributed by atoms with van der Waals surface area (Å²) in [5, 5.41) is 11.4. The van der Waals surface area contributed by atoms with Crippen molar-refractivity contribution >= 4 is 20.9 Å². The van der Waals surface area contributed by atoms with Gasteiger partial charge in [0.15, 0.2) is 0 Å². The first kappa shape index (κ1) is 18.8. The topological polar surface area (TPSA) is 73.7 Å². The third kappa shape index (κ3) is 3.58. The second kappa shape index (κ2) is 7.46. The predicted molar refractivity (Wildman–Crippen MR) is 104 cm³/mol. The van der Waals surface area contributed by atoms with Crippen molar-refractivity contribution in [2.45, 2.75) is 11.4 Å². The maximum atomic E-state index is 13.1. The first-order valence-corrected chi connectivity index (χ1v) is 10.4. The standard InChI is InChI=1S/C20H20FN3O3S/c21-17-5-7-18(8-6-17)28(26,27)24-12-10-23(11-13-24)14-16-4-3-15-2-1-9-22-19(15)20(16)25/h1-9,25H,10-14H2. The highest BCUT2D eigenvalue weighted by molar-refractivity contribution is 7.89. The van der Waals surface area contributed by atoms with E-state index in [2.05, 4.69) is 9.88 Å². The Bertz CT molecular complexity index is 1100. The van der Waals surface area contributed by atoms with Gasteiger partial charge in [-0.05, 0) is 30.3 Å². The molecule has 28 heavy (non-hydrogen) atoms. The van der Waals surface area contributed by atoms with Crippen LogP contribution < -0.4 is 0 Å². The molecule has 0 atom stereocenters. The SMILES string of the molecule is O=S(=O)(c1ccc(F)cc1)N1CCN(Cc2ccc3cccnc3c2O)CC1. The highest BCUT2D eigenvalue weighted by Crippen LogP contribution is 2.28. The van der Waals surface area contributed by atoms with E-state index in [4.69, 9.17) is 0 Å². The van der Waals surface area contributed by atoms with Crippen LogP contribution in [-0.2, 0) is 16.6 Å². The van der Waals surface area contributed by atoms with Crippen LogP contribution in [-0.4, -0.2) is 53.9 Å². The molecule has 2 aromatic carbocycles. The minimum absolute atomic E-state index is 0.0978. The first-order chi connectivity index (χ1) is 13.4. The summed E-state index contributed by atoms with van der Waals surface area (Å²) in [6.07, 6.45) is 1.64. The molecule has 3 aromatic rings. The van der Waals surface area contributed by atoms with Gasteiger partial charge in [0.1, 0.15) is 17.1 Å². The monoisotopic (exact) mass is 401 g/mol. The van der Waals surface area contributed by atoms with E-state index >= 15 is 0 Å². The molecule has 0 radical (unpaired) electrons. The van der Waals surface area contributed by atoms with Crippen LogP contribution >= 0.6 is 0 Å². The summed E-state index contributed by atoms with van der Waals surface area (Å²) in [4.78, 5) is 6.43. The van der Waals surface area contributed by atoms with Crippen molar-refractivity contribution in [3.63, 3.8) is 0 Å². The number of pyridine rings is 1. The first-order valence-electron chi connectivity index (χ1n) is 8.99. The number of piperazine rings is 1. The van der Waals surface area contributed by atoms with Crippen LogP contribution in [0.25, 0.3) is 10.9 Å². The molecule has 2 heterocycles. The Labute approximate surface area is 162 Å². The summed E-state index contributed by atoms with van der Waals surface area (Å²) in [5.74, 6) is -0.298. The number of aromatic nitrogens is 1. The smallest absolute Gasteiger partial charge is 0.243 e. The normalized spacial score (nSPS) is 16.5. The van der Waals surface area contributed by atoms with Crippen LogP contribution in [0.1, 0.15) is 5.56 Å². The van der Waals surface area contributed by atoms with E-state index in [1.54, 1.807) is 6.20 Å². The van der Waals surface area contributed by atoms with Gasteiger partial charge in [-0.3, -0.25) is 9.88 Å². The lowest BCUT2D eigenvalue weighted by molar-refractivity contribution is 0.180. The molecule has 1 aliphatic heterocycles. The van der Waals surface area contributed by atoms with E-state index in [0.717, 1.165) is 23.1 Å². The summed E-state index contributed by atoms with van der Waals surface area (Å²) in [7, 11) is -3.63. The number of nitrogens with zero attached hydrogens (tertiary/aromatic N) is 3. The minimum atomic E-state index is -3.63. The van der Waals surface area contributed by atoms with Crippen molar-refractivity contribution in [2.75, 3.05) is 26.2 Å². The Morgan fingerprint density at radius 3 is 2.43 bits per heavy atom. The fourth-order valence-electron chi connectivity index (χ4n) is 3.42. The fraction of sp³-hybridized carbons (Fsp3) is 0.250. The van der Waals surface area contributed by atoms with Gasteiger partial charge in [-0.1, -0.05) is 18.2 Å². The average molecular weight is 401 g/mol. The Morgan fingerprint density at radius 1 is 1.00 bits per heavy atom. The minimum Gasteiger partial charge on any atom is -0.505 e. The Kier molecular flexibility index (Phi) is 5.01. The van der Waals surface area contributed by atoms with Gasteiger partial charge < -0.3 is 5.11 Å². The molecule has 1 N–H and O–H groups in total. The number of benzene rings is 2. The molecule has 0 saturated carbocycles. The number of halogens is 1. The number of aromatic hydroxyl groups is 1. The van der Waals surface area contributed by atoms with Crippen LogP contribution in [0.3, 0.4) is 0 Å². The Balaban J connectivity index is 1.45. The average Bonchev–Trinajstić information content (AvgIpc) is 2.71. The van der Waals surface area contributed by atoms with E-state index in [1.807, 2.05) is 24.3 Å². The molecular weight excluding hydrogens is 381 g/mol. The zero-order valence-corrected chi connectivity index (χ0v) is 15.9. The lowest BCUT2D eigenvalue weighted by Gasteiger charge is -2.34. The third-order valence-electron chi connectivity index (χ3n) is 5.01. The number of hydrogen-bond donors (Lipinski definition) is 1. The summed E-state index contributed by atoms with van der Waals surface area (Å²) in [5.41, 5.74) is 1.33. The molecule has 1 aliphatic rings. The van der Waals surface area contributed by atoms with E-state index in [0.29, 0.717) is 38.2 Å². The summed E-state index contributed by atoms with van der Waals surface area (Å²) in [6, 6.07) is 12.4. The van der Waals surface area contributed by atoms with Crippen LogP contribution in [0, 0.1) is 5.82 Å². The van der Waals surface area contributed by atoms with Gasteiger partial charge in [0.05, 0.1) is 4.90 Å².